The summed E-state index contributed by atoms with van der Waals surface area (Å²) in [5.41, 5.74) is -13.7. The van der Waals surface area contributed by atoms with Crippen molar-refractivity contribution >= 4 is 60.8 Å². The molecule has 0 aliphatic carbocycles. The fourth-order valence-electron chi connectivity index (χ4n) is 1.41. The molecule has 0 atom stereocenters. The molecule has 0 saturated carbocycles. The Labute approximate surface area is 162 Å². The van der Waals surface area contributed by atoms with Crippen molar-refractivity contribution in [1.82, 2.24) is 4.72 Å². The Morgan fingerprint density at radius 3 is 1.82 bits per heavy atom. The summed E-state index contributed by atoms with van der Waals surface area (Å²) in [6, 6.07) is 1.81. The van der Waals surface area contributed by atoms with Gasteiger partial charge in [-0.3, -0.25) is 9.59 Å². The van der Waals surface area contributed by atoms with Gasteiger partial charge in [-0.05, 0) is 18.2 Å². The average molecular weight is 497 g/mol. The second-order valence-corrected chi connectivity index (χ2v) is 8.79. The number of nitrogens with one attached hydrogen (secondary N) is 1. The zero-order valence-electron chi connectivity index (χ0n) is 12.5. The highest BCUT2D eigenvalue weighted by Gasteiger charge is 2.55. The van der Waals surface area contributed by atoms with E-state index in [1.54, 1.807) is 0 Å². The molecule has 0 fully saturated rings. The summed E-state index contributed by atoms with van der Waals surface area (Å²) in [7, 11) is -13.3. The standard InChI is InChI=1S/C10H4Cl2F6N2O6S2/c11-4-1-2-6(5(12)3-4)20(28(25,26)10(16,17)18)8(22)7(21)19-27(23,24)9(13,14)15/h1-3H,(H,19,21). The molecule has 0 aromatic heterocycles. The second kappa shape index (κ2) is 7.57. The number of rotatable bonds is 3. The smallest absolute Gasteiger partial charge is 0.262 e. The maximum absolute atomic E-state index is 12.9. The van der Waals surface area contributed by atoms with E-state index >= 15 is 0 Å². The van der Waals surface area contributed by atoms with Gasteiger partial charge in [0.1, 0.15) is 0 Å². The summed E-state index contributed by atoms with van der Waals surface area (Å²) in [6.07, 6.45) is 0. The SMILES string of the molecule is O=C(NS(=O)(=O)C(F)(F)F)C(=O)N(c1ccc(Cl)cc1Cl)S(=O)(=O)C(F)(F)F. The van der Waals surface area contributed by atoms with Gasteiger partial charge in [-0.2, -0.15) is 47.5 Å². The van der Waals surface area contributed by atoms with Crippen molar-refractivity contribution in [1.29, 1.82) is 0 Å². The topological polar surface area (TPSA) is 118 Å². The summed E-state index contributed by atoms with van der Waals surface area (Å²) in [5, 5.41) is -1.19. The first-order valence-electron chi connectivity index (χ1n) is 6.07. The second-order valence-electron chi connectivity index (χ2n) is 4.50. The molecule has 28 heavy (non-hydrogen) atoms. The van der Waals surface area contributed by atoms with E-state index in [2.05, 4.69) is 0 Å². The first-order valence-corrected chi connectivity index (χ1v) is 9.75. The van der Waals surface area contributed by atoms with Crippen LogP contribution in [0, 0.1) is 0 Å². The van der Waals surface area contributed by atoms with Gasteiger partial charge in [-0.25, -0.2) is 4.72 Å². The van der Waals surface area contributed by atoms with Crippen LogP contribution < -0.4 is 9.03 Å². The Hall–Kier alpha value is -1.78. The van der Waals surface area contributed by atoms with Crippen LogP contribution in [-0.2, 0) is 29.6 Å². The number of amides is 2. The number of hydrogen-bond acceptors (Lipinski definition) is 6. The molecule has 0 bridgehead atoms. The van der Waals surface area contributed by atoms with Crippen LogP contribution in [0.15, 0.2) is 18.2 Å². The van der Waals surface area contributed by atoms with Gasteiger partial charge < -0.3 is 0 Å². The minimum atomic E-state index is -6.74. The van der Waals surface area contributed by atoms with Gasteiger partial charge >= 0.3 is 42.9 Å². The molecule has 1 aromatic rings. The number of nitrogens with zero attached hydrogens (tertiary/aromatic N) is 1. The van der Waals surface area contributed by atoms with Crippen LogP contribution in [0.2, 0.25) is 10.0 Å². The minimum absolute atomic E-state index is 0.117. The van der Waals surface area contributed by atoms with Gasteiger partial charge in [-0.15, -0.1) is 0 Å². The molecule has 0 unspecified atom stereocenters. The van der Waals surface area contributed by atoms with E-state index in [4.69, 9.17) is 23.2 Å². The first kappa shape index (κ1) is 24.3. The monoisotopic (exact) mass is 496 g/mol. The zero-order valence-corrected chi connectivity index (χ0v) is 15.6. The lowest BCUT2D eigenvalue weighted by Gasteiger charge is -2.24. The minimum Gasteiger partial charge on any atom is -0.262 e. The lowest BCUT2D eigenvalue weighted by Crippen LogP contribution is -2.53. The number of hydrogen-bond donors (Lipinski definition) is 1. The summed E-state index contributed by atoms with van der Waals surface area (Å²) in [4.78, 5) is 23.4. The third kappa shape index (κ3) is 4.79. The quantitative estimate of drug-likeness (QED) is 0.506. The summed E-state index contributed by atoms with van der Waals surface area (Å²) >= 11 is 11.0. The van der Waals surface area contributed by atoms with Crippen LogP contribution in [-0.4, -0.2) is 39.7 Å². The first-order chi connectivity index (χ1) is 12.3. The highest BCUT2D eigenvalue weighted by atomic mass is 35.5. The molecule has 0 radical (unpaired) electrons. The molecule has 0 heterocycles. The third-order valence-electron chi connectivity index (χ3n) is 2.57. The predicted molar refractivity (Wildman–Crippen MR) is 82.0 cm³/mol. The van der Waals surface area contributed by atoms with Gasteiger partial charge in [0.05, 0.1) is 10.7 Å². The average Bonchev–Trinajstić information content (AvgIpc) is 2.46. The van der Waals surface area contributed by atoms with E-state index < -0.39 is 57.9 Å². The van der Waals surface area contributed by atoms with Crippen molar-refractivity contribution in [2.45, 2.75) is 11.0 Å². The molecule has 0 aliphatic heterocycles. The van der Waals surface area contributed by atoms with E-state index in [1.165, 1.54) is 0 Å². The highest BCUT2D eigenvalue weighted by molar-refractivity contribution is 7.94. The number of alkyl halides is 6. The Morgan fingerprint density at radius 2 is 1.43 bits per heavy atom. The maximum atomic E-state index is 12.9. The number of carbonyl (C=O) groups excluding carboxylic acids is 2. The molecular formula is C10H4Cl2F6N2O6S2. The van der Waals surface area contributed by atoms with Gasteiger partial charge in [-0.1, -0.05) is 23.2 Å². The fraction of sp³-hybridized carbons (Fsp3) is 0.200. The predicted octanol–water partition coefficient (Wildman–Crippen LogP) is 2.14. The lowest BCUT2D eigenvalue weighted by molar-refractivity contribution is -0.136. The van der Waals surface area contributed by atoms with E-state index in [1.807, 2.05) is 0 Å². The molecule has 0 spiro atoms. The molecule has 1 aromatic carbocycles. The van der Waals surface area contributed by atoms with E-state index in [0.29, 0.717) is 12.1 Å². The van der Waals surface area contributed by atoms with Crippen molar-refractivity contribution in [2.75, 3.05) is 4.31 Å². The van der Waals surface area contributed by atoms with E-state index in [9.17, 15) is 52.8 Å². The number of carbonyl (C=O) groups is 2. The molecule has 2 amide bonds. The third-order valence-corrected chi connectivity index (χ3v) is 5.60. The molecule has 0 saturated heterocycles. The Balaban J connectivity index is 3.57. The van der Waals surface area contributed by atoms with Gasteiger partial charge in [0.25, 0.3) is 0 Å². The Bertz CT molecular complexity index is 1020. The number of benzene rings is 1. The zero-order chi connectivity index (χ0) is 22.3. The molecule has 1 rings (SSSR count). The largest absolute Gasteiger partial charge is 0.517 e. The molecule has 8 nitrogen and oxygen atoms in total. The maximum Gasteiger partial charge on any atom is 0.517 e. The Morgan fingerprint density at radius 1 is 0.929 bits per heavy atom. The van der Waals surface area contributed by atoms with Crippen LogP contribution in [0.1, 0.15) is 0 Å². The van der Waals surface area contributed by atoms with Gasteiger partial charge in [0, 0.05) is 5.02 Å². The summed E-state index contributed by atoms with van der Waals surface area (Å²) < 4.78 is 119. The van der Waals surface area contributed by atoms with E-state index in [-0.39, 0.29) is 9.74 Å². The van der Waals surface area contributed by atoms with Gasteiger partial charge in [0.15, 0.2) is 0 Å². The fourth-order valence-corrected chi connectivity index (χ4v) is 3.33. The van der Waals surface area contributed by atoms with Crippen molar-refractivity contribution in [3.63, 3.8) is 0 Å². The van der Waals surface area contributed by atoms with Crippen LogP contribution in [0.5, 0.6) is 0 Å². The molecule has 158 valence electrons. The molecular weight excluding hydrogens is 493 g/mol. The van der Waals surface area contributed by atoms with Crippen molar-refractivity contribution in [3.05, 3.63) is 28.2 Å². The van der Waals surface area contributed by atoms with Crippen molar-refractivity contribution in [2.24, 2.45) is 0 Å². The molecule has 1 N–H and O–H groups in total. The summed E-state index contributed by atoms with van der Waals surface area (Å²) in [5.74, 6) is -5.69. The lowest BCUT2D eigenvalue weighted by atomic mass is 10.3. The normalized spacial score (nSPS) is 13.1. The number of halogens is 8. The molecule has 0 aliphatic rings. The van der Waals surface area contributed by atoms with Crippen molar-refractivity contribution < 1.29 is 52.8 Å². The summed E-state index contributed by atoms with van der Waals surface area (Å²) in [6.45, 7) is 0. The van der Waals surface area contributed by atoms with Crippen LogP contribution in [0.25, 0.3) is 0 Å². The van der Waals surface area contributed by atoms with Crippen LogP contribution in [0.4, 0.5) is 32.0 Å². The molecule has 18 heteroatoms. The van der Waals surface area contributed by atoms with Crippen molar-refractivity contribution in [3.8, 4) is 0 Å². The number of sulfonamides is 2. The number of anilines is 1. The Kier molecular flexibility index (Phi) is 6.55. The van der Waals surface area contributed by atoms with Gasteiger partial charge in [0.2, 0.25) is 0 Å². The highest BCUT2D eigenvalue weighted by Crippen LogP contribution is 2.36. The van der Waals surface area contributed by atoms with E-state index in [0.717, 1.165) is 6.07 Å². The van der Waals surface area contributed by atoms with Crippen LogP contribution >= 0.6 is 23.2 Å². The van der Waals surface area contributed by atoms with Crippen LogP contribution in [0.3, 0.4) is 0 Å².